The molecular formula is C17H22N4O3. The minimum absolute atomic E-state index is 0.0888. The highest BCUT2D eigenvalue weighted by atomic mass is 16.6. The second kappa shape index (κ2) is 5.90. The summed E-state index contributed by atoms with van der Waals surface area (Å²) < 4.78 is 7.03. The van der Waals surface area contributed by atoms with Crippen LogP contribution in [0.3, 0.4) is 0 Å². The molecule has 1 saturated heterocycles. The van der Waals surface area contributed by atoms with Gasteiger partial charge in [-0.25, -0.2) is 9.36 Å². The zero-order valence-corrected chi connectivity index (χ0v) is 14.2. The van der Waals surface area contributed by atoms with E-state index in [1.54, 1.807) is 23.4 Å². The third-order valence-corrected chi connectivity index (χ3v) is 3.95. The Morgan fingerprint density at radius 2 is 2.21 bits per heavy atom. The van der Waals surface area contributed by atoms with Crippen LogP contribution < -0.4 is 5.73 Å². The Hall–Kier alpha value is -2.41. The topological polar surface area (TPSA) is 90.5 Å². The molecule has 24 heavy (non-hydrogen) atoms. The highest BCUT2D eigenvalue weighted by Crippen LogP contribution is 2.23. The van der Waals surface area contributed by atoms with E-state index in [9.17, 15) is 9.59 Å². The van der Waals surface area contributed by atoms with Gasteiger partial charge in [-0.05, 0) is 39.3 Å². The fourth-order valence-electron chi connectivity index (χ4n) is 2.87. The number of ether oxygens (including phenoxy) is 1. The third-order valence-electron chi connectivity index (χ3n) is 3.95. The number of hydrogen-bond acceptors (Lipinski definition) is 5. The van der Waals surface area contributed by atoms with E-state index in [4.69, 9.17) is 10.5 Å². The van der Waals surface area contributed by atoms with Crippen molar-refractivity contribution in [1.29, 1.82) is 0 Å². The summed E-state index contributed by atoms with van der Waals surface area (Å²) in [5, 5.41) is 0.828. The normalized spacial score (nSPS) is 18.4. The summed E-state index contributed by atoms with van der Waals surface area (Å²) in [7, 11) is 0. The number of fused-ring (bicyclic) bond motifs is 1. The molecule has 3 heterocycles. The van der Waals surface area contributed by atoms with E-state index >= 15 is 0 Å². The Kier molecular flexibility index (Phi) is 4.04. The summed E-state index contributed by atoms with van der Waals surface area (Å²) >= 11 is 0. The minimum Gasteiger partial charge on any atom is -0.443 e. The van der Waals surface area contributed by atoms with Gasteiger partial charge in [0.25, 0.3) is 0 Å². The van der Waals surface area contributed by atoms with Crippen LogP contribution in [0.5, 0.6) is 0 Å². The lowest BCUT2D eigenvalue weighted by Gasteiger charge is -2.22. The number of nitrogens with two attached hydrogens (primary N) is 1. The first-order valence-electron chi connectivity index (χ1n) is 7.98. The zero-order valence-electron chi connectivity index (χ0n) is 14.2. The SMILES string of the molecule is CC(C)(C)OC(=O)n1c(CN2CC[C@H](N)C2=O)cc2cnccc21. The number of carbonyl (C=O) groups is 2. The molecule has 3 rings (SSSR count). The van der Waals surface area contributed by atoms with Crippen LogP contribution in [0.25, 0.3) is 10.9 Å². The van der Waals surface area contributed by atoms with Gasteiger partial charge in [-0.1, -0.05) is 0 Å². The number of likely N-dealkylation sites (tertiary alicyclic amines) is 1. The number of carbonyl (C=O) groups excluding carboxylic acids is 2. The maximum atomic E-state index is 12.7. The molecule has 0 spiro atoms. The predicted octanol–water partition coefficient (Wildman–Crippen LogP) is 1.88. The van der Waals surface area contributed by atoms with Gasteiger partial charge in [0.15, 0.2) is 0 Å². The highest BCUT2D eigenvalue weighted by molar-refractivity contribution is 5.91. The lowest BCUT2D eigenvalue weighted by Crippen LogP contribution is -2.35. The Morgan fingerprint density at radius 1 is 1.46 bits per heavy atom. The molecule has 0 saturated carbocycles. The lowest BCUT2D eigenvalue weighted by molar-refractivity contribution is -0.129. The van der Waals surface area contributed by atoms with Crippen molar-refractivity contribution in [2.24, 2.45) is 5.73 Å². The van der Waals surface area contributed by atoms with Gasteiger partial charge < -0.3 is 15.4 Å². The van der Waals surface area contributed by atoms with Crippen molar-refractivity contribution in [2.45, 2.75) is 45.4 Å². The van der Waals surface area contributed by atoms with E-state index in [0.717, 1.165) is 5.39 Å². The van der Waals surface area contributed by atoms with Gasteiger partial charge in [-0.15, -0.1) is 0 Å². The molecule has 0 radical (unpaired) electrons. The molecule has 0 aliphatic carbocycles. The molecule has 1 amide bonds. The van der Waals surface area contributed by atoms with E-state index in [-0.39, 0.29) is 5.91 Å². The minimum atomic E-state index is -0.607. The van der Waals surface area contributed by atoms with E-state index in [0.29, 0.717) is 30.7 Å². The van der Waals surface area contributed by atoms with E-state index in [1.807, 2.05) is 26.8 Å². The molecule has 2 aromatic rings. The standard InChI is InChI=1S/C17H22N4O3/c1-17(2,3)24-16(23)21-12(8-11-9-19-6-4-14(11)21)10-20-7-5-13(18)15(20)22/h4,6,8-9,13H,5,7,10,18H2,1-3H3/t13-/m0/s1. The van der Waals surface area contributed by atoms with Crippen LogP contribution in [0.15, 0.2) is 24.5 Å². The van der Waals surface area contributed by atoms with E-state index in [1.165, 1.54) is 4.57 Å². The van der Waals surface area contributed by atoms with Crippen molar-refractivity contribution < 1.29 is 14.3 Å². The summed E-state index contributed by atoms with van der Waals surface area (Å²) in [4.78, 5) is 30.5. The summed E-state index contributed by atoms with van der Waals surface area (Å²) in [6.07, 6.45) is 3.49. The maximum absolute atomic E-state index is 12.7. The fourth-order valence-corrected chi connectivity index (χ4v) is 2.87. The molecule has 1 fully saturated rings. The van der Waals surface area contributed by atoms with Crippen molar-refractivity contribution in [3.8, 4) is 0 Å². The van der Waals surface area contributed by atoms with Crippen molar-refractivity contribution in [3.63, 3.8) is 0 Å². The molecule has 7 nitrogen and oxygen atoms in total. The van der Waals surface area contributed by atoms with Crippen molar-refractivity contribution in [2.75, 3.05) is 6.54 Å². The third kappa shape index (κ3) is 3.12. The van der Waals surface area contributed by atoms with Gasteiger partial charge in [-0.2, -0.15) is 0 Å². The monoisotopic (exact) mass is 330 g/mol. The van der Waals surface area contributed by atoms with Gasteiger partial charge >= 0.3 is 6.09 Å². The Labute approximate surface area is 140 Å². The number of nitrogens with zero attached hydrogens (tertiary/aromatic N) is 3. The van der Waals surface area contributed by atoms with Crippen LogP contribution in [-0.4, -0.2) is 44.6 Å². The summed E-state index contributed by atoms with van der Waals surface area (Å²) in [6.45, 7) is 6.37. The lowest BCUT2D eigenvalue weighted by atomic mass is 10.2. The number of rotatable bonds is 2. The summed E-state index contributed by atoms with van der Waals surface area (Å²) in [6, 6.07) is 3.18. The second-order valence-electron chi connectivity index (χ2n) is 7.04. The van der Waals surface area contributed by atoms with Crippen LogP contribution in [0.2, 0.25) is 0 Å². The average Bonchev–Trinajstić information content (AvgIpc) is 3.00. The van der Waals surface area contributed by atoms with Gasteiger partial charge in [-0.3, -0.25) is 9.78 Å². The molecule has 2 aromatic heterocycles. The first-order chi connectivity index (χ1) is 11.3. The number of amides is 1. The van der Waals surface area contributed by atoms with Crippen LogP contribution in [0.1, 0.15) is 32.9 Å². The Bertz CT molecular complexity index is 791. The molecule has 2 N–H and O–H groups in total. The highest BCUT2D eigenvalue weighted by Gasteiger charge is 2.30. The number of hydrogen-bond donors (Lipinski definition) is 1. The smallest absolute Gasteiger partial charge is 0.419 e. The first-order valence-corrected chi connectivity index (χ1v) is 7.98. The molecular weight excluding hydrogens is 308 g/mol. The van der Waals surface area contributed by atoms with Crippen LogP contribution in [-0.2, 0) is 16.1 Å². The molecule has 1 aliphatic heterocycles. The van der Waals surface area contributed by atoms with Gasteiger partial charge in [0.2, 0.25) is 5.91 Å². The maximum Gasteiger partial charge on any atom is 0.419 e. The largest absolute Gasteiger partial charge is 0.443 e. The molecule has 1 aliphatic rings. The molecule has 0 bridgehead atoms. The average molecular weight is 330 g/mol. The number of pyridine rings is 1. The quantitative estimate of drug-likeness (QED) is 0.908. The fraction of sp³-hybridized carbons (Fsp3) is 0.471. The summed E-state index contributed by atoms with van der Waals surface area (Å²) in [5.74, 6) is -0.0888. The van der Waals surface area contributed by atoms with Crippen LogP contribution in [0.4, 0.5) is 4.79 Å². The van der Waals surface area contributed by atoms with Gasteiger partial charge in [0.1, 0.15) is 5.60 Å². The molecule has 0 aromatic carbocycles. The van der Waals surface area contributed by atoms with E-state index < -0.39 is 17.7 Å². The first kappa shape index (κ1) is 16.4. The van der Waals surface area contributed by atoms with Crippen molar-refractivity contribution in [1.82, 2.24) is 14.5 Å². The van der Waals surface area contributed by atoms with Crippen LogP contribution >= 0.6 is 0 Å². The number of aromatic nitrogens is 2. The van der Waals surface area contributed by atoms with Gasteiger partial charge in [0, 0.05) is 30.0 Å². The molecule has 0 unspecified atom stereocenters. The van der Waals surface area contributed by atoms with Crippen molar-refractivity contribution in [3.05, 3.63) is 30.2 Å². The molecule has 7 heteroatoms. The van der Waals surface area contributed by atoms with Crippen molar-refractivity contribution >= 4 is 22.9 Å². The van der Waals surface area contributed by atoms with Gasteiger partial charge in [0.05, 0.1) is 18.1 Å². The van der Waals surface area contributed by atoms with E-state index in [2.05, 4.69) is 4.98 Å². The molecule has 1 atom stereocenters. The van der Waals surface area contributed by atoms with Crippen LogP contribution in [0, 0.1) is 0 Å². The second-order valence-corrected chi connectivity index (χ2v) is 7.04. The molecule has 128 valence electrons. The zero-order chi connectivity index (χ0) is 17.5. The Morgan fingerprint density at radius 3 is 2.83 bits per heavy atom. The Balaban J connectivity index is 1.99. The predicted molar refractivity (Wildman–Crippen MR) is 89.4 cm³/mol. The summed E-state index contributed by atoms with van der Waals surface area (Å²) in [5.41, 5.74) is 6.57.